The van der Waals surface area contributed by atoms with Crippen molar-refractivity contribution in [3.05, 3.63) is 46.8 Å². The summed E-state index contributed by atoms with van der Waals surface area (Å²) in [6.45, 7) is 4.16. The van der Waals surface area contributed by atoms with Gasteiger partial charge >= 0.3 is 0 Å². The maximum absolute atomic E-state index is 12.7. The van der Waals surface area contributed by atoms with Crippen molar-refractivity contribution < 1.29 is 8.42 Å². The van der Waals surface area contributed by atoms with E-state index in [9.17, 15) is 8.42 Å². The van der Waals surface area contributed by atoms with Crippen LogP contribution in [0.15, 0.2) is 40.6 Å². The molecule has 0 aliphatic rings. The third kappa shape index (κ3) is 3.00. The first-order valence-corrected chi connectivity index (χ1v) is 9.02. The summed E-state index contributed by atoms with van der Waals surface area (Å²) in [6.07, 6.45) is 0. The second kappa shape index (κ2) is 6.16. The monoisotopic (exact) mass is 329 g/mol. The van der Waals surface area contributed by atoms with Crippen LogP contribution < -0.4 is 4.31 Å². The normalized spacial score (nSPS) is 11.6. The molecule has 0 radical (unpaired) electrons. The smallest absolute Gasteiger partial charge is 0.266 e. The molecular weight excluding hydrogens is 314 g/mol. The Morgan fingerprint density at radius 2 is 2.00 bits per heavy atom. The van der Waals surface area contributed by atoms with Gasteiger partial charge in [0.25, 0.3) is 10.0 Å². The van der Waals surface area contributed by atoms with E-state index in [0.717, 1.165) is 10.4 Å². The van der Waals surface area contributed by atoms with Crippen LogP contribution in [-0.2, 0) is 15.9 Å². The van der Waals surface area contributed by atoms with E-state index in [0.29, 0.717) is 22.3 Å². The van der Waals surface area contributed by atoms with Gasteiger partial charge < -0.3 is 0 Å². The van der Waals surface area contributed by atoms with Crippen LogP contribution in [-0.4, -0.2) is 15.0 Å². The Labute approximate surface area is 128 Å². The summed E-state index contributed by atoms with van der Waals surface area (Å²) in [7, 11) is -3.52. The Morgan fingerprint density at radius 3 is 2.55 bits per heavy atom. The van der Waals surface area contributed by atoms with Gasteiger partial charge in [0.15, 0.2) is 0 Å². The number of nitrogens with zero attached hydrogens (tertiary/aromatic N) is 1. The fourth-order valence-corrected chi connectivity index (χ4v) is 4.99. The number of thiophene rings is 1. The number of hydrogen-bond acceptors (Lipinski definition) is 3. The average molecular weight is 330 g/mol. The number of aryl methyl sites for hydroxylation is 1. The predicted octanol–water partition coefficient (Wildman–Crippen LogP) is 4.01. The second-order valence-electron chi connectivity index (χ2n) is 4.36. The number of alkyl halides is 1. The van der Waals surface area contributed by atoms with Crippen molar-refractivity contribution in [3.8, 4) is 0 Å². The summed E-state index contributed by atoms with van der Waals surface area (Å²) < 4.78 is 27.1. The van der Waals surface area contributed by atoms with Gasteiger partial charge in [-0.05, 0) is 43.7 Å². The number of benzene rings is 1. The van der Waals surface area contributed by atoms with Crippen LogP contribution in [0.2, 0.25) is 0 Å². The van der Waals surface area contributed by atoms with Crippen molar-refractivity contribution in [3.63, 3.8) is 0 Å². The van der Waals surface area contributed by atoms with Crippen LogP contribution in [0.5, 0.6) is 0 Å². The van der Waals surface area contributed by atoms with E-state index < -0.39 is 10.0 Å². The van der Waals surface area contributed by atoms with Crippen molar-refractivity contribution in [2.45, 2.75) is 23.9 Å². The van der Waals surface area contributed by atoms with Gasteiger partial charge in [-0.25, -0.2) is 8.42 Å². The Kier molecular flexibility index (Phi) is 4.73. The van der Waals surface area contributed by atoms with E-state index in [1.165, 1.54) is 15.6 Å². The van der Waals surface area contributed by atoms with Crippen molar-refractivity contribution in [2.75, 3.05) is 10.8 Å². The molecule has 0 unspecified atom stereocenters. The quantitative estimate of drug-likeness (QED) is 0.777. The van der Waals surface area contributed by atoms with Gasteiger partial charge in [-0.1, -0.05) is 12.1 Å². The van der Waals surface area contributed by atoms with Crippen molar-refractivity contribution in [2.24, 2.45) is 0 Å². The Hall–Kier alpha value is -1.04. The molecule has 3 nitrogen and oxygen atoms in total. The van der Waals surface area contributed by atoms with Gasteiger partial charge in [0, 0.05) is 11.4 Å². The molecular formula is C14H16ClNO2S2. The minimum atomic E-state index is -3.52. The molecule has 0 bridgehead atoms. The molecule has 1 heterocycles. The lowest BCUT2D eigenvalue weighted by atomic mass is 10.2. The second-order valence-corrected chi connectivity index (χ2v) is 7.89. The molecule has 0 spiro atoms. The first-order valence-electron chi connectivity index (χ1n) is 6.23. The first kappa shape index (κ1) is 15.4. The standard InChI is InChI=1S/C14H16ClNO2S2/c1-3-16(12-6-4-5-11(2)9-12)20(17,18)14-8-7-13(10-15)19-14/h4-9H,3,10H2,1-2H3. The van der Waals surface area contributed by atoms with Crippen LogP contribution in [0.3, 0.4) is 0 Å². The molecule has 0 fully saturated rings. The number of sulfonamides is 1. The molecule has 0 saturated heterocycles. The van der Waals surface area contributed by atoms with E-state index in [-0.39, 0.29) is 0 Å². The van der Waals surface area contributed by atoms with Crippen molar-refractivity contribution in [1.82, 2.24) is 0 Å². The Morgan fingerprint density at radius 1 is 1.25 bits per heavy atom. The lowest BCUT2D eigenvalue weighted by molar-refractivity contribution is 0.594. The van der Waals surface area contributed by atoms with Crippen LogP contribution in [0, 0.1) is 6.92 Å². The number of anilines is 1. The summed E-state index contributed by atoms with van der Waals surface area (Å²) in [4.78, 5) is 0.852. The fraction of sp³-hybridized carbons (Fsp3) is 0.286. The van der Waals surface area contributed by atoms with Gasteiger partial charge in [0.1, 0.15) is 4.21 Å². The molecule has 0 N–H and O–H groups in total. The van der Waals surface area contributed by atoms with Crippen molar-refractivity contribution in [1.29, 1.82) is 0 Å². The third-order valence-electron chi connectivity index (χ3n) is 2.89. The topological polar surface area (TPSA) is 37.4 Å². The predicted molar refractivity (Wildman–Crippen MR) is 85.3 cm³/mol. The van der Waals surface area contributed by atoms with Gasteiger partial charge in [0.05, 0.1) is 11.6 Å². The Balaban J connectivity index is 2.44. The zero-order chi connectivity index (χ0) is 14.8. The largest absolute Gasteiger partial charge is 0.273 e. The van der Waals surface area contributed by atoms with E-state index in [4.69, 9.17) is 11.6 Å². The number of rotatable bonds is 5. The number of hydrogen-bond donors (Lipinski definition) is 0. The highest BCUT2D eigenvalue weighted by molar-refractivity contribution is 7.94. The molecule has 1 aromatic carbocycles. The highest BCUT2D eigenvalue weighted by Gasteiger charge is 2.25. The van der Waals surface area contributed by atoms with Gasteiger partial charge in [-0.15, -0.1) is 22.9 Å². The number of halogens is 1. The zero-order valence-electron chi connectivity index (χ0n) is 11.3. The molecule has 0 amide bonds. The van der Waals surface area contributed by atoms with E-state index in [2.05, 4.69) is 0 Å². The van der Waals surface area contributed by atoms with Crippen LogP contribution in [0.1, 0.15) is 17.4 Å². The molecule has 6 heteroatoms. The van der Waals surface area contributed by atoms with E-state index in [1.807, 2.05) is 38.1 Å². The molecule has 0 saturated carbocycles. The maximum atomic E-state index is 12.7. The molecule has 20 heavy (non-hydrogen) atoms. The minimum absolute atomic E-state index is 0.330. The zero-order valence-corrected chi connectivity index (χ0v) is 13.7. The Bertz CT molecular complexity index is 695. The third-order valence-corrected chi connectivity index (χ3v) is 6.79. The average Bonchev–Trinajstić information content (AvgIpc) is 2.89. The molecule has 0 atom stereocenters. The lowest BCUT2D eigenvalue weighted by Crippen LogP contribution is -2.30. The molecule has 2 aromatic rings. The summed E-state index contributed by atoms with van der Waals surface area (Å²) in [5.74, 6) is 0.330. The van der Waals surface area contributed by atoms with Crippen molar-refractivity contribution >= 4 is 38.6 Å². The van der Waals surface area contributed by atoms with E-state index in [1.54, 1.807) is 12.1 Å². The van der Waals surface area contributed by atoms with Gasteiger partial charge in [0.2, 0.25) is 0 Å². The highest BCUT2D eigenvalue weighted by Crippen LogP contribution is 2.29. The molecule has 0 aliphatic carbocycles. The molecule has 1 aromatic heterocycles. The summed E-state index contributed by atoms with van der Waals surface area (Å²) in [5.41, 5.74) is 1.72. The lowest BCUT2D eigenvalue weighted by Gasteiger charge is -2.22. The molecule has 108 valence electrons. The summed E-state index contributed by atoms with van der Waals surface area (Å²) in [6, 6.07) is 10.9. The van der Waals surface area contributed by atoms with Gasteiger partial charge in [-0.3, -0.25) is 4.31 Å². The maximum Gasteiger partial charge on any atom is 0.273 e. The summed E-state index contributed by atoms with van der Waals surface area (Å²) in [5, 5.41) is 0. The van der Waals surface area contributed by atoms with Crippen LogP contribution in [0.4, 0.5) is 5.69 Å². The minimum Gasteiger partial charge on any atom is -0.266 e. The molecule has 0 aliphatic heterocycles. The van der Waals surface area contributed by atoms with Crippen LogP contribution >= 0.6 is 22.9 Å². The first-order chi connectivity index (χ1) is 9.48. The summed E-state index contributed by atoms with van der Waals surface area (Å²) >= 11 is 6.96. The van der Waals surface area contributed by atoms with Gasteiger partial charge in [-0.2, -0.15) is 0 Å². The van der Waals surface area contributed by atoms with E-state index >= 15 is 0 Å². The van der Waals surface area contributed by atoms with Crippen LogP contribution in [0.25, 0.3) is 0 Å². The fourth-order valence-electron chi connectivity index (χ4n) is 1.95. The molecule has 2 rings (SSSR count). The highest BCUT2D eigenvalue weighted by atomic mass is 35.5. The SMILES string of the molecule is CCN(c1cccc(C)c1)S(=O)(=O)c1ccc(CCl)s1.